The number of aromatic nitrogens is 2. The summed E-state index contributed by atoms with van der Waals surface area (Å²) in [6.07, 6.45) is 2.50. The molecule has 2 aromatic heterocycles. The number of halogens is 2. The van der Waals surface area contributed by atoms with Gasteiger partial charge in [-0.3, -0.25) is 29.1 Å². The molecule has 13 heteroatoms. The quantitative estimate of drug-likeness (QED) is 0.485. The number of alkyl halides is 2. The summed E-state index contributed by atoms with van der Waals surface area (Å²) in [6.45, 7) is 5.30. The maximum Gasteiger partial charge on any atom is 0.265 e. The Labute approximate surface area is 259 Å². The highest BCUT2D eigenvalue weighted by Gasteiger charge is 2.62. The Bertz CT molecular complexity index is 1450. The van der Waals surface area contributed by atoms with E-state index in [4.69, 9.17) is 0 Å². The van der Waals surface area contributed by atoms with Gasteiger partial charge in [0.05, 0.1) is 23.3 Å². The van der Waals surface area contributed by atoms with Crippen LogP contribution in [0.1, 0.15) is 79.0 Å². The van der Waals surface area contributed by atoms with Crippen LogP contribution >= 0.6 is 11.3 Å². The van der Waals surface area contributed by atoms with Crippen LogP contribution in [0.25, 0.3) is 0 Å². The van der Waals surface area contributed by atoms with Crippen molar-refractivity contribution in [3.63, 3.8) is 0 Å². The van der Waals surface area contributed by atoms with Crippen LogP contribution in [0.5, 0.6) is 0 Å². The van der Waals surface area contributed by atoms with Gasteiger partial charge in [0.2, 0.25) is 23.6 Å². The highest BCUT2D eigenvalue weighted by atomic mass is 32.1. The number of hydrogen-bond acceptors (Lipinski definition) is 7. The van der Waals surface area contributed by atoms with Crippen LogP contribution in [0.15, 0.2) is 29.9 Å². The van der Waals surface area contributed by atoms with Crippen LogP contribution in [0.4, 0.5) is 8.78 Å². The minimum Gasteiger partial charge on any atom is -0.357 e. The van der Waals surface area contributed by atoms with Crippen molar-refractivity contribution in [1.29, 1.82) is 0 Å². The first kappa shape index (κ1) is 30.5. The van der Waals surface area contributed by atoms with Gasteiger partial charge in [0, 0.05) is 69.0 Å². The molecule has 2 aliphatic heterocycles. The molecule has 236 valence electrons. The molecule has 6 rings (SSSR count). The molecule has 2 saturated heterocycles. The Balaban J connectivity index is 1.22. The average molecular weight is 629 g/mol. The maximum absolute atomic E-state index is 14.0. The Hall–Kier alpha value is -3.48. The number of carbonyl (C=O) groups is 4. The molecule has 4 aliphatic rings. The first-order valence-electron chi connectivity index (χ1n) is 15.2. The SMILES string of the molecule is CNC(=O)[C@H](NC(=O)[C@@H]1CN(C(=O)c2cncs2)CC12CN(C(=O)[C@H]1CC1(C)C)C2)c1cccc(C2CCC(F)(F)CC2)n1. The molecule has 44 heavy (non-hydrogen) atoms. The normalized spacial score (nSPS) is 25.7. The second-order valence-corrected chi connectivity index (χ2v) is 14.5. The van der Waals surface area contributed by atoms with E-state index in [0.29, 0.717) is 48.7 Å². The number of amides is 4. The van der Waals surface area contributed by atoms with Crippen molar-refractivity contribution in [2.45, 2.75) is 63.8 Å². The number of rotatable bonds is 7. The zero-order valence-electron chi connectivity index (χ0n) is 25.1. The van der Waals surface area contributed by atoms with Gasteiger partial charge < -0.3 is 20.4 Å². The van der Waals surface area contributed by atoms with Gasteiger partial charge >= 0.3 is 0 Å². The van der Waals surface area contributed by atoms with Crippen molar-refractivity contribution in [1.82, 2.24) is 30.4 Å². The third-order valence-electron chi connectivity index (χ3n) is 10.0. The fourth-order valence-corrected chi connectivity index (χ4v) is 7.70. The van der Waals surface area contributed by atoms with Gasteiger partial charge in [-0.05, 0) is 36.8 Å². The van der Waals surface area contributed by atoms with Crippen LogP contribution < -0.4 is 10.6 Å². The topological polar surface area (TPSA) is 125 Å². The number of nitrogens with zero attached hydrogens (tertiary/aromatic N) is 4. The predicted molar refractivity (Wildman–Crippen MR) is 158 cm³/mol. The molecular weight excluding hydrogens is 590 g/mol. The largest absolute Gasteiger partial charge is 0.357 e. The second kappa shape index (κ2) is 11.1. The molecule has 3 atom stereocenters. The Morgan fingerprint density at radius 2 is 1.73 bits per heavy atom. The monoisotopic (exact) mass is 628 g/mol. The highest BCUT2D eigenvalue weighted by molar-refractivity contribution is 7.11. The summed E-state index contributed by atoms with van der Waals surface area (Å²) >= 11 is 1.23. The third kappa shape index (κ3) is 5.70. The molecule has 0 unspecified atom stereocenters. The van der Waals surface area contributed by atoms with Crippen molar-refractivity contribution >= 4 is 35.0 Å². The van der Waals surface area contributed by atoms with Crippen LogP contribution in [0.3, 0.4) is 0 Å². The minimum absolute atomic E-state index is 0.0266. The van der Waals surface area contributed by atoms with E-state index in [0.717, 1.165) is 6.42 Å². The molecule has 2 saturated carbocycles. The number of thiazole rings is 1. The van der Waals surface area contributed by atoms with Crippen molar-refractivity contribution in [2.24, 2.45) is 22.7 Å². The molecule has 2 N–H and O–H groups in total. The van der Waals surface area contributed by atoms with Crippen molar-refractivity contribution in [2.75, 3.05) is 33.2 Å². The molecular formula is C31H38F2N6O4S. The second-order valence-electron chi connectivity index (χ2n) is 13.6. The minimum atomic E-state index is -2.67. The van der Waals surface area contributed by atoms with E-state index >= 15 is 0 Å². The van der Waals surface area contributed by atoms with Crippen molar-refractivity contribution < 1.29 is 28.0 Å². The fourth-order valence-electron chi connectivity index (χ4n) is 7.12. The van der Waals surface area contributed by atoms with E-state index in [1.54, 1.807) is 33.5 Å². The number of likely N-dealkylation sites (tertiary alicyclic amines) is 2. The van der Waals surface area contributed by atoms with E-state index < -0.39 is 35.1 Å². The lowest BCUT2D eigenvalue weighted by atomic mass is 9.70. The van der Waals surface area contributed by atoms with Gasteiger partial charge in [-0.1, -0.05) is 19.9 Å². The van der Waals surface area contributed by atoms with Crippen LogP contribution in [-0.2, 0) is 14.4 Å². The van der Waals surface area contributed by atoms with Gasteiger partial charge in [-0.15, -0.1) is 11.3 Å². The molecule has 10 nitrogen and oxygen atoms in total. The standard InChI is InChI=1S/C31H38F2N6O4S/c1-29(2)11-19(29)27(42)39-15-30(16-39)14-38(28(43)23-12-35-17-44-23)13-20(30)25(40)37-24(26(41)34-3)22-6-4-5-21(36-22)18-7-9-31(32,33)10-8-18/h4-6,12,17-20,24H,7-11,13-16H2,1-3H3,(H,34,41)(H,37,40)/t19-,20+,24-/m1/s1. The zero-order valence-corrected chi connectivity index (χ0v) is 26.0. The van der Waals surface area contributed by atoms with Gasteiger partial charge in [0.15, 0.2) is 6.04 Å². The van der Waals surface area contributed by atoms with E-state index in [1.165, 1.54) is 24.6 Å². The first-order chi connectivity index (χ1) is 20.8. The maximum atomic E-state index is 14.0. The Morgan fingerprint density at radius 1 is 1.05 bits per heavy atom. The zero-order chi connectivity index (χ0) is 31.4. The summed E-state index contributed by atoms with van der Waals surface area (Å²) in [5, 5.41) is 5.49. The molecule has 4 amide bonds. The molecule has 2 aliphatic carbocycles. The van der Waals surface area contributed by atoms with E-state index in [9.17, 15) is 28.0 Å². The average Bonchev–Trinajstić information content (AvgIpc) is 3.34. The lowest BCUT2D eigenvalue weighted by Gasteiger charge is -2.50. The first-order valence-corrected chi connectivity index (χ1v) is 16.0. The summed E-state index contributed by atoms with van der Waals surface area (Å²) in [7, 11) is 1.47. The van der Waals surface area contributed by atoms with Gasteiger partial charge in [-0.25, -0.2) is 8.78 Å². The summed E-state index contributed by atoms with van der Waals surface area (Å²) in [6, 6.07) is 4.03. The highest BCUT2D eigenvalue weighted by Crippen LogP contribution is 2.54. The van der Waals surface area contributed by atoms with E-state index in [-0.39, 0.29) is 48.5 Å². The van der Waals surface area contributed by atoms with Crippen molar-refractivity contribution in [3.8, 4) is 0 Å². The predicted octanol–water partition coefficient (Wildman–Crippen LogP) is 3.38. The Kier molecular flexibility index (Phi) is 7.74. The number of carbonyl (C=O) groups excluding carboxylic acids is 4. The third-order valence-corrected chi connectivity index (χ3v) is 10.8. The summed E-state index contributed by atoms with van der Waals surface area (Å²) in [4.78, 5) is 66.2. The molecule has 0 bridgehead atoms. The molecule has 0 radical (unpaired) electrons. The van der Waals surface area contributed by atoms with Crippen LogP contribution in [0.2, 0.25) is 0 Å². The lowest BCUT2D eigenvalue weighted by molar-refractivity contribution is -0.151. The number of hydrogen-bond donors (Lipinski definition) is 2. The van der Waals surface area contributed by atoms with E-state index in [1.807, 2.05) is 0 Å². The number of likely N-dealkylation sites (N-methyl/N-ethyl adjacent to an activating group) is 1. The number of nitrogens with one attached hydrogen (secondary N) is 2. The summed E-state index contributed by atoms with van der Waals surface area (Å²) in [5.41, 5.74) is 1.85. The Morgan fingerprint density at radius 3 is 2.34 bits per heavy atom. The molecule has 4 heterocycles. The van der Waals surface area contributed by atoms with Crippen molar-refractivity contribution in [3.05, 3.63) is 46.2 Å². The van der Waals surface area contributed by atoms with Gasteiger partial charge in [0.1, 0.15) is 4.88 Å². The van der Waals surface area contributed by atoms with Gasteiger partial charge in [-0.2, -0.15) is 0 Å². The van der Waals surface area contributed by atoms with Crippen LogP contribution in [0, 0.1) is 22.7 Å². The molecule has 0 aromatic carbocycles. The molecule has 4 fully saturated rings. The van der Waals surface area contributed by atoms with E-state index in [2.05, 4.69) is 34.4 Å². The smallest absolute Gasteiger partial charge is 0.265 e. The summed E-state index contributed by atoms with van der Waals surface area (Å²) < 4.78 is 27.5. The summed E-state index contributed by atoms with van der Waals surface area (Å²) in [5.74, 6) is -4.53. The lowest BCUT2D eigenvalue weighted by Crippen LogP contribution is -2.64. The molecule has 1 spiro atoms. The van der Waals surface area contributed by atoms with Gasteiger partial charge in [0.25, 0.3) is 5.91 Å². The fraction of sp³-hybridized carbons (Fsp3) is 0.613. The number of pyridine rings is 1. The van der Waals surface area contributed by atoms with Crippen LogP contribution in [-0.4, -0.2) is 82.5 Å². The molecule has 2 aromatic rings.